The fourth-order valence-electron chi connectivity index (χ4n) is 1.63. The number of benzene rings is 1. The van der Waals surface area contributed by atoms with Gasteiger partial charge in [-0.3, -0.25) is 4.79 Å². The van der Waals surface area contributed by atoms with Crippen molar-refractivity contribution in [2.45, 2.75) is 20.3 Å². The Morgan fingerprint density at radius 2 is 1.86 bits per heavy atom. The number of amides is 1. The number of rotatable bonds is 6. The molecule has 0 saturated carbocycles. The van der Waals surface area contributed by atoms with Crippen molar-refractivity contribution in [2.24, 2.45) is 5.92 Å². The number of hydrogen-bond acceptors (Lipinski definition) is 5. The van der Waals surface area contributed by atoms with Gasteiger partial charge < -0.3 is 15.4 Å². The highest BCUT2D eigenvalue weighted by Crippen LogP contribution is 2.15. The maximum Gasteiger partial charge on any atom is 0.350 e. The van der Waals surface area contributed by atoms with Gasteiger partial charge in [0, 0.05) is 24.0 Å². The van der Waals surface area contributed by atoms with Crippen molar-refractivity contribution < 1.29 is 14.3 Å². The lowest BCUT2D eigenvalue weighted by Crippen LogP contribution is -2.13. The van der Waals surface area contributed by atoms with Gasteiger partial charge in [0.15, 0.2) is 5.57 Å². The van der Waals surface area contributed by atoms with Gasteiger partial charge in [-0.1, -0.05) is 13.8 Å². The van der Waals surface area contributed by atoms with Crippen LogP contribution in [0.25, 0.3) is 0 Å². The second-order valence-electron chi connectivity index (χ2n) is 5.03. The Kier molecular flexibility index (Phi) is 6.64. The molecule has 1 aromatic rings. The molecule has 0 spiro atoms. The van der Waals surface area contributed by atoms with E-state index in [1.807, 2.05) is 13.8 Å². The van der Waals surface area contributed by atoms with Crippen LogP contribution in [0.2, 0.25) is 0 Å². The SMILES string of the molecule is COC(=O)/C(C#N)=C/Nc1ccc(NC(=O)CC(C)C)cc1. The molecule has 1 aromatic carbocycles. The number of ether oxygens (including phenoxy) is 1. The molecule has 0 bridgehead atoms. The molecule has 0 aliphatic heterocycles. The van der Waals surface area contributed by atoms with Gasteiger partial charge in [-0.25, -0.2) is 4.79 Å². The first-order valence-corrected chi connectivity index (χ1v) is 6.81. The maximum absolute atomic E-state index is 11.6. The van der Waals surface area contributed by atoms with Crippen molar-refractivity contribution in [2.75, 3.05) is 17.7 Å². The number of hydrogen-bond donors (Lipinski definition) is 2. The number of carbonyl (C=O) groups excluding carboxylic acids is 2. The zero-order chi connectivity index (χ0) is 16.5. The van der Waals surface area contributed by atoms with Crippen LogP contribution in [0, 0.1) is 17.2 Å². The van der Waals surface area contributed by atoms with E-state index in [4.69, 9.17) is 5.26 Å². The number of methoxy groups -OCH3 is 1. The van der Waals surface area contributed by atoms with Crippen LogP contribution in [-0.4, -0.2) is 19.0 Å². The largest absolute Gasteiger partial charge is 0.465 e. The van der Waals surface area contributed by atoms with Crippen molar-refractivity contribution in [1.82, 2.24) is 0 Å². The van der Waals surface area contributed by atoms with Crippen molar-refractivity contribution in [3.8, 4) is 6.07 Å². The van der Waals surface area contributed by atoms with E-state index in [2.05, 4.69) is 15.4 Å². The van der Waals surface area contributed by atoms with Gasteiger partial charge in [-0.2, -0.15) is 5.26 Å². The number of nitrogens with zero attached hydrogens (tertiary/aromatic N) is 1. The van der Waals surface area contributed by atoms with E-state index in [0.29, 0.717) is 23.7 Å². The van der Waals surface area contributed by atoms with Crippen molar-refractivity contribution >= 4 is 23.3 Å². The van der Waals surface area contributed by atoms with Crippen LogP contribution in [0.4, 0.5) is 11.4 Å². The summed E-state index contributed by atoms with van der Waals surface area (Å²) < 4.78 is 4.47. The number of carbonyl (C=O) groups is 2. The average Bonchev–Trinajstić information content (AvgIpc) is 2.48. The van der Waals surface area contributed by atoms with Crippen LogP contribution in [0.3, 0.4) is 0 Å². The van der Waals surface area contributed by atoms with Gasteiger partial charge in [0.05, 0.1) is 7.11 Å². The Labute approximate surface area is 129 Å². The molecule has 1 rings (SSSR count). The smallest absolute Gasteiger partial charge is 0.350 e. The summed E-state index contributed by atoms with van der Waals surface area (Å²) in [7, 11) is 1.21. The molecule has 0 aliphatic rings. The van der Waals surface area contributed by atoms with Gasteiger partial charge >= 0.3 is 5.97 Å². The third-order valence-electron chi connectivity index (χ3n) is 2.67. The fourth-order valence-corrected chi connectivity index (χ4v) is 1.63. The highest BCUT2D eigenvalue weighted by Gasteiger charge is 2.08. The van der Waals surface area contributed by atoms with Crippen molar-refractivity contribution in [3.63, 3.8) is 0 Å². The molecular weight excluding hydrogens is 282 g/mol. The first-order chi connectivity index (χ1) is 10.5. The monoisotopic (exact) mass is 301 g/mol. The minimum Gasteiger partial charge on any atom is -0.465 e. The third-order valence-corrected chi connectivity index (χ3v) is 2.67. The Balaban J connectivity index is 2.66. The summed E-state index contributed by atoms with van der Waals surface area (Å²) in [5.41, 5.74) is 1.24. The molecule has 22 heavy (non-hydrogen) atoms. The lowest BCUT2D eigenvalue weighted by molar-refractivity contribution is -0.135. The van der Waals surface area contributed by atoms with Crippen LogP contribution < -0.4 is 10.6 Å². The van der Waals surface area contributed by atoms with Crippen LogP contribution >= 0.6 is 0 Å². The van der Waals surface area contributed by atoms with E-state index < -0.39 is 5.97 Å². The molecule has 6 heteroatoms. The van der Waals surface area contributed by atoms with E-state index in [-0.39, 0.29) is 11.5 Å². The van der Waals surface area contributed by atoms with E-state index in [9.17, 15) is 9.59 Å². The number of nitriles is 1. The zero-order valence-corrected chi connectivity index (χ0v) is 12.8. The minimum atomic E-state index is -0.701. The summed E-state index contributed by atoms with van der Waals surface area (Å²) in [5.74, 6) is -0.436. The molecule has 0 saturated heterocycles. The molecule has 116 valence electrons. The first kappa shape index (κ1) is 17.2. The van der Waals surface area contributed by atoms with Gasteiger partial charge in [-0.15, -0.1) is 0 Å². The molecule has 2 N–H and O–H groups in total. The Morgan fingerprint density at radius 1 is 1.27 bits per heavy atom. The van der Waals surface area contributed by atoms with Gasteiger partial charge in [-0.05, 0) is 30.2 Å². The number of nitrogens with one attached hydrogen (secondary N) is 2. The molecular formula is C16H19N3O3. The Bertz CT molecular complexity index is 598. The zero-order valence-electron chi connectivity index (χ0n) is 12.8. The molecule has 0 atom stereocenters. The topological polar surface area (TPSA) is 91.2 Å². The van der Waals surface area contributed by atoms with Crippen LogP contribution in [0.5, 0.6) is 0 Å². The summed E-state index contributed by atoms with van der Waals surface area (Å²) in [6.45, 7) is 3.96. The predicted molar refractivity (Wildman–Crippen MR) is 83.9 cm³/mol. The average molecular weight is 301 g/mol. The summed E-state index contributed by atoms with van der Waals surface area (Å²) >= 11 is 0. The number of esters is 1. The summed E-state index contributed by atoms with van der Waals surface area (Å²) in [4.78, 5) is 22.9. The van der Waals surface area contributed by atoms with E-state index >= 15 is 0 Å². The van der Waals surface area contributed by atoms with Crippen molar-refractivity contribution in [3.05, 3.63) is 36.0 Å². The predicted octanol–water partition coefficient (Wildman–Crippen LogP) is 2.66. The molecule has 0 aliphatic carbocycles. The molecule has 1 amide bonds. The molecule has 0 fully saturated rings. The van der Waals surface area contributed by atoms with Gasteiger partial charge in [0.25, 0.3) is 0 Å². The lowest BCUT2D eigenvalue weighted by Gasteiger charge is -2.08. The van der Waals surface area contributed by atoms with Crippen LogP contribution in [-0.2, 0) is 14.3 Å². The second-order valence-corrected chi connectivity index (χ2v) is 5.03. The summed E-state index contributed by atoms with van der Waals surface area (Å²) in [6.07, 6.45) is 1.74. The standard InChI is InChI=1S/C16H19N3O3/c1-11(2)8-15(20)19-14-6-4-13(5-7-14)18-10-12(9-17)16(21)22-3/h4-7,10-11,18H,8H2,1-3H3,(H,19,20)/b12-10+. The van der Waals surface area contributed by atoms with E-state index in [1.54, 1.807) is 30.3 Å². The van der Waals surface area contributed by atoms with Gasteiger partial charge in [0.2, 0.25) is 5.91 Å². The molecule has 0 radical (unpaired) electrons. The first-order valence-electron chi connectivity index (χ1n) is 6.81. The second kappa shape index (κ2) is 8.47. The van der Waals surface area contributed by atoms with Crippen LogP contribution in [0.1, 0.15) is 20.3 Å². The fraction of sp³-hybridized carbons (Fsp3) is 0.312. The van der Waals surface area contributed by atoms with Crippen LogP contribution in [0.15, 0.2) is 36.0 Å². The Morgan fingerprint density at radius 3 is 2.36 bits per heavy atom. The highest BCUT2D eigenvalue weighted by atomic mass is 16.5. The third kappa shape index (κ3) is 5.67. The van der Waals surface area contributed by atoms with Gasteiger partial charge in [0.1, 0.15) is 6.07 Å². The maximum atomic E-state index is 11.6. The Hall–Kier alpha value is -2.81. The lowest BCUT2D eigenvalue weighted by atomic mass is 10.1. The van der Waals surface area contributed by atoms with Crippen molar-refractivity contribution in [1.29, 1.82) is 5.26 Å². The quantitative estimate of drug-likeness (QED) is 0.479. The normalized spacial score (nSPS) is 10.8. The van der Waals surface area contributed by atoms with E-state index in [0.717, 1.165) is 0 Å². The summed E-state index contributed by atoms with van der Waals surface area (Å²) in [5, 5.41) is 14.4. The molecule has 0 heterocycles. The number of anilines is 2. The molecule has 6 nitrogen and oxygen atoms in total. The van der Waals surface area contributed by atoms with E-state index in [1.165, 1.54) is 13.3 Å². The molecule has 0 unspecified atom stereocenters. The molecule has 0 aromatic heterocycles. The summed E-state index contributed by atoms with van der Waals surface area (Å²) in [6, 6.07) is 8.67. The minimum absolute atomic E-state index is 0.0342. The highest BCUT2D eigenvalue weighted by molar-refractivity contribution is 5.93.